The smallest absolute Gasteiger partial charge is 0.293 e. The van der Waals surface area contributed by atoms with Gasteiger partial charge < -0.3 is 0 Å². The molecular weight excluding hydrogens is 536 g/mol. The minimum Gasteiger partial charge on any atom is -0.293 e. The van der Waals surface area contributed by atoms with Crippen LogP contribution < -0.4 is 0 Å². The molecule has 5 rings (SSSR count). The van der Waals surface area contributed by atoms with E-state index in [0.29, 0.717) is 5.69 Å². The predicted molar refractivity (Wildman–Crippen MR) is 137 cm³/mol. The Balaban J connectivity index is 1.54. The molecule has 39 heavy (non-hydrogen) atoms. The van der Waals surface area contributed by atoms with E-state index < -0.39 is 28.2 Å². The molecule has 1 unspecified atom stereocenters. The fraction of sp³-hybridized carbons (Fsp3) is 0.385. The first-order valence-corrected chi connectivity index (χ1v) is 13.8. The molecule has 0 N–H and O–H groups in total. The molecule has 0 radical (unpaired) electrons. The highest BCUT2D eigenvalue weighted by Gasteiger charge is 2.42. The van der Waals surface area contributed by atoms with Gasteiger partial charge in [-0.15, -0.1) is 0 Å². The minimum absolute atomic E-state index is 0.0259. The van der Waals surface area contributed by atoms with Crippen molar-refractivity contribution in [2.45, 2.75) is 31.1 Å². The molecule has 1 saturated heterocycles. The lowest BCUT2D eigenvalue weighted by atomic mass is 9.95. The van der Waals surface area contributed by atoms with Crippen LogP contribution in [0.25, 0.3) is 16.6 Å². The third-order valence-electron chi connectivity index (χ3n) is 7.20. The number of benzene rings is 2. The molecular formula is C26H28F4N6O2S. The van der Waals surface area contributed by atoms with Crippen LogP contribution in [0, 0.1) is 18.7 Å². The van der Waals surface area contributed by atoms with Crippen LogP contribution in [-0.4, -0.2) is 69.5 Å². The van der Waals surface area contributed by atoms with Gasteiger partial charge in [0, 0.05) is 50.9 Å². The van der Waals surface area contributed by atoms with Gasteiger partial charge in [0.05, 0.1) is 23.3 Å². The zero-order chi connectivity index (χ0) is 28.1. The number of nitrogens with zero attached hydrogens (tertiary/aromatic N) is 6. The summed E-state index contributed by atoms with van der Waals surface area (Å²) in [6.07, 6.45) is -1.21. The van der Waals surface area contributed by atoms with Crippen LogP contribution in [-0.2, 0) is 17.1 Å². The van der Waals surface area contributed by atoms with Crippen molar-refractivity contribution in [2.24, 2.45) is 13.0 Å². The molecule has 1 aliphatic heterocycles. The summed E-state index contributed by atoms with van der Waals surface area (Å²) in [5.41, 5.74) is 2.89. The number of sulfonamides is 1. The lowest BCUT2D eigenvalue weighted by Crippen LogP contribution is -2.52. The maximum Gasteiger partial charge on any atom is 0.392 e. The molecule has 208 valence electrons. The van der Waals surface area contributed by atoms with E-state index in [4.69, 9.17) is 0 Å². The summed E-state index contributed by atoms with van der Waals surface area (Å²) < 4.78 is 85.1. The number of halogens is 4. The Morgan fingerprint density at radius 2 is 1.82 bits per heavy atom. The van der Waals surface area contributed by atoms with Gasteiger partial charge in [0.25, 0.3) is 10.0 Å². The molecule has 2 aromatic heterocycles. The van der Waals surface area contributed by atoms with Gasteiger partial charge in [0.15, 0.2) is 5.03 Å². The Hall–Kier alpha value is -3.29. The maximum atomic E-state index is 13.5. The first-order chi connectivity index (χ1) is 18.3. The summed E-state index contributed by atoms with van der Waals surface area (Å²) >= 11 is 0. The molecule has 0 saturated carbocycles. The minimum atomic E-state index is -4.38. The van der Waals surface area contributed by atoms with E-state index in [0.717, 1.165) is 29.0 Å². The Labute approximate surface area is 223 Å². The second kappa shape index (κ2) is 10.0. The molecule has 2 atom stereocenters. The average Bonchev–Trinajstić information content (AvgIpc) is 3.50. The fourth-order valence-electron chi connectivity index (χ4n) is 4.99. The molecule has 0 bridgehead atoms. The normalized spacial score (nSPS) is 18.6. The Morgan fingerprint density at radius 1 is 1.10 bits per heavy atom. The van der Waals surface area contributed by atoms with Gasteiger partial charge in [-0.25, -0.2) is 17.5 Å². The SMILES string of the molecule is Cc1cc2c(cnn2-c2ccc(F)cc2)cc1[C@@H]1CN(S(=O)(=O)c2ccn(C)n2)CCN1CC(C)C(F)(F)F. The van der Waals surface area contributed by atoms with Gasteiger partial charge in [-0.2, -0.15) is 27.7 Å². The van der Waals surface area contributed by atoms with Crippen LogP contribution in [0.3, 0.4) is 0 Å². The van der Waals surface area contributed by atoms with Gasteiger partial charge in [0.2, 0.25) is 0 Å². The van der Waals surface area contributed by atoms with Crippen LogP contribution in [0.4, 0.5) is 17.6 Å². The summed E-state index contributed by atoms with van der Waals surface area (Å²) in [5, 5.41) is 9.10. The van der Waals surface area contributed by atoms with E-state index in [1.54, 1.807) is 35.0 Å². The molecule has 0 spiro atoms. The van der Waals surface area contributed by atoms with Gasteiger partial charge in [0.1, 0.15) is 5.82 Å². The monoisotopic (exact) mass is 564 g/mol. The van der Waals surface area contributed by atoms with Gasteiger partial charge in [-0.1, -0.05) is 6.92 Å². The van der Waals surface area contributed by atoms with E-state index in [2.05, 4.69) is 10.2 Å². The zero-order valence-electron chi connectivity index (χ0n) is 21.6. The lowest BCUT2D eigenvalue weighted by Gasteiger charge is -2.42. The van der Waals surface area contributed by atoms with Crippen molar-refractivity contribution in [3.63, 3.8) is 0 Å². The van der Waals surface area contributed by atoms with E-state index >= 15 is 0 Å². The number of fused-ring (bicyclic) bond motifs is 1. The number of piperazine rings is 1. The predicted octanol–water partition coefficient (Wildman–Crippen LogP) is 4.45. The van der Waals surface area contributed by atoms with Crippen LogP contribution >= 0.6 is 0 Å². The zero-order valence-corrected chi connectivity index (χ0v) is 22.4. The van der Waals surface area contributed by atoms with E-state index in [-0.39, 0.29) is 37.0 Å². The van der Waals surface area contributed by atoms with Crippen molar-refractivity contribution in [1.29, 1.82) is 0 Å². The molecule has 2 aromatic carbocycles. The Kier molecular flexibility index (Phi) is 7.02. The van der Waals surface area contributed by atoms with Crippen LogP contribution in [0.2, 0.25) is 0 Å². The number of aromatic nitrogens is 4. The van der Waals surface area contributed by atoms with Crippen LogP contribution in [0.5, 0.6) is 0 Å². The standard InChI is InChI=1S/C26H28F4N6O2S/c1-17-12-23-19(14-31-36(23)21-6-4-20(27)5-7-21)13-22(17)24-16-35(39(37,38)25-8-9-33(3)32-25)11-10-34(24)15-18(2)26(28,29)30/h4-9,12-14,18,24H,10-11,15-16H2,1-3H3/t18?,24-/m0/s1. The summed E-state index contributed by atoms with van der Waals surface area (Å²) in [4.78, 5) is 1.71. The Bertz CT molecular complexity index is 1600. The van der Waals surface area contributed by atoms with Gasteiger partial charge in [-0.3, -0.25) is 9.58 Å². The third-order valence-corrected chi connectivity index (χ3v) is 8.96. The second-order valence-electron chi connectivity index (χ2n) is 9.94. The molecule has 8 nitrogen and oxygen atoms in total. The van der Waals surface area contributed by atoms with E-state index in [1.165, 1.54) is 33.4 Å². The highest BCUT2D eigenvalue weighted by Crippen LogP contribution is 2.36. The molecule has 1 aliphatic rings. The van der Waals surface area contributed by atoms with Crippen molar-refractivity contribution in [3.8, 4) is 5.69 Å². The highest BCUT2D eigenvalue weighted by atomic mass is 32.2. The van der Waals surface area contributed by atoms with E-state index in [9.17, 15) is 26.0 Å². The fourth-order valence-corrected chi connectivity index (χ4v) is 6.38. The maximum absolute atomic E-state index is 13.5. The summed E-state index contributed by atoms with van der Waals surface area (Å²) in [5.74, 6) is -1.96. The number of aryl methyl sites for hydroxylation is 2. The lowest BCUT2D eigenvalue weighted by molar-refractivity contribution is -0.176. The van der Waals surface area contributed by atoms with Crippen molar-refractivity contribution in [1.82, 2.24) is 28.8 Å². The molecule has 0 aliphatic carbocycles. The topological polar surface area (TPSA) is 76.3 Å². The summed E-state index contributed by atoms with van der Waals surface area (Å²) in [7, 11) is -2.33. The summed E-state index contributed by atoms with van der Waals surface area (Å²) in [6.45, 7) is 2.86. The third kappa shape index (κ3) is 5.30. The van der Waals surface area contributed by atoms with Gasteiger partial charge in [-0.05, 0) is 60.5 Å². The first-order valence-electron chi connectivity index (χ1n) is 12.4. The first kappa shape index (κ1) is 27.3. The molecule has 4 aromatic rings. The van der Waals surface area contributed by atoms with Gasteiger partial charge >= 0.3 is 6.18 Å². The van der Waals surface area contributed by atoms with Crippen molar-refractivity contribution in [3.05, 3.63) is 71.8 Å². The average molecular weight is 565 g/mol. The quantitative estimate of drug-likeness (QED) is 0.324. The summed E-state index contributed by atoms with van der Waals surface area (Å²) in [6, 6.07) is 10.4. The number of hydrogen-bond donors (Lipinski definition) is 0. The largest absolute Gasteiger partial charge is 0.392 e. The number of hydrogen-bond acceptors (Lipinski definition) is 5. The van der Waals surface area contributed by atoms with Crippen molar-refractivity contribution >= 4 is 20.9 Å². The van der Waals surface area contributed by atoms with Crippen LogP contribution in [0.1, 0.15) is 24.1 Å². The Morgan fingerprint density at radius 3 is 2.46 bits per heavy atom. The van der Waals surface area contributed by atoms with Crippen LogP contribution in [0.15, 0.2) is 59.9 Å². The van der Waals surface area contributed by atoms with E-state index in [1.807, 2.05) is 19.1 Å². The van der Waals surface area contributed by atoms with Crippen molar-refractivity contribution in [2.75, 3.05) is 26.2 Å². The molecule has 0 amide bonds. The molecule has 13 heteroatoms. The van der Waals surface area contributed by atoms with Crippen molar-refractivity contribution < 1.29 is 26.0 Å². The number of alkyl halides is 3. The number of rotatable bonds is 6. The molecule has 1 fully saturated rings. The molecule has 3 heterocycles. The highest BCUT2D eigenvalue weighted by molar-refractivity contribution is 7.89. The second-order valence-corrected chi connectivity index (χ2v) is 11.8.